The van der Waals surface area contributed by atoms with E-state index in [0.29, 0.717) is 12.5 Å². The molecule has 25 heavy (non-hydrogen) atoms. The zero-order valence-electron chi connectivity index (χ0n) is 15.4. The van der Waals surface area contributed by atoms with Crippen LogP contribution in [-0.4, -0.2) is 30.1 Å². The number of halogens is 1. The van der Waals surface area contributed by atoms with Crippen molar-refractivity contribution in [3.63, 3.8) is 0 Å². The van der Waals surface area contributed by atoms with Gasteiger partial charge in [0.2, 0.25) is 5.91 Å². The van der Waals surface area contributed by atoms with Crippen LogP contribution in [0.2, 0.25) is 5.02 Å². The third-order valence-electron chi connectivity index (χ3n) is 5.70. The highest BCUT2D eigenvalue weighted by molar-refractivity contribution is 6.30. The van der Waals surface area contributed by atoms with Crippen LogP contribution in [0.4, 0.5) is 0 Å². The number of carbonyl (C=O) groups excluding carboxylic acids is 1. The normalized spacial score (nSPS) is 25.2. The molecule has 2 unspecified atom stereocenters. The van der Waals surface area contributed by atoms with E-state index in [9.17, 15) is 4.79 Å². The van der Waals surface area contributed by atoms with Crippen molar-refractivity contribution in [2.75, 3.05) is 13.2 Å². The van der Waals surface area contributed by atoms with Crippen LogP contribution in [0, 0.1) is 11.8 Å². The largest absolute Gasteiger partial charge is 0.379 e. The second kappa shape index (κ2) is 8.55. The minimum absolute atomic E-state index is 0.141. The third-order valence-corrected chi connectivity index (χ3v) is 5.95. The Morgan fingerprint density at radius 2 is 1.88 bits per heavy atom. The maximum atomic E-state index is 13.2. The smallest absolute Gasteiger partial charge is 0.226 e. The van der Waals surface area contributed by atoms with Gasteiger partial charge in [-0.2, -0.15) is 0 Å². The van der Waals surface area contributed by atoms with Crippen molar-refractivity contribution in [1.82, 2.24) is 4.90 Å². The third kappa shape index (κ3) is 4.57. The Hall–Kier alpha value is -1.06. The maximum absolute atomic E-state index is 13.2. The van der Waals surface area contributed by atoms with Gasteiger partial charge < -0.3 is 9.64 Å². The summed E-state index contributed by atoms with van der Waals surface area (Å²) in [5.41, 5.74) is 1.19. The molecule has 1 aliphatic carbocycles. The Kier molecular flexibility index (Phi) is 6.40. The van der Waals surface area contributed by atoms with Gasteiger partial charge in [0.25, 0.3) is 0 Å². The Bertz CT molecular complexity index is 570. The lowest BCUT2D eigenvalue weighted by Gasteiger charge is -2.44. The van der Waals surface area contributed by atoms with Gasteiger partial charge in [-0.15, -0.1) is 0 Å². The van der Waals surface area contributed by atoms with Crippen molar-refractivity contribution in [1.29, 1.82) is 0 Å². The predicted molar refractivity (Wildman–Crippen MR) is 102 cm³/mol. The molecule has 0 spiro atoms. The van der Waals surface area contributed by atoms with E-state index in [1.54, 1.807) is 0 Å². The summed E-state index contributed by atoms with van der Waals surface area (Å²) in [5, 5.41) is 0.740. The van der Waals surface area contributed by atoms with Crippen molar-refractivity contribution in [2.45, 2.75) is 64.5 Å². The maximum Gasteiger partial charge on any atom is 0.226 e. The summed E-state index contributed by atoms with van der Waals surface area (Å²) in [7, 11) is 0. The average molecular weight is 364 g/mol. The lowest BCUT2D eigenvalue weighted by molar-refractivity contribution is -0.147. The van der Waals surface area contributed by atoms with Crippen LogP contribution in [0.25, 0.3) is 0 Å². The summed E-state index contributed by atoms with van der Waals surface area (Å²) < 4.78 is 5.97. The van der Waals surface area contributed by atoms with Gasteiger partial charge in [0.05, 0.1) is 18.7 Å². The van der Waals surface area contributed by atoms with Crippen LogP contribution in [0.3, 0.4) is 0 Å². The molecule has 2 aliphatic rings. The van der Waals surface area contributed by atoms with Gasteiger partial charge in [-0.1, -0.05) is 37.6 Å². The second-order valence-electron chi connectivity index (χ2n) is 7.54. The van der Waals surface area contributed by atoms with Crippen LogP contribution in [-0.2, 0) is 9.53 Å². The number of ether oxygens (including phenoxy) is 1. The van der Waals surface area contributed by atoms with Gasteiger partial charge in [0.1, 0.15) is 0 Å². The fourth-order valence-corrected chi connectivity index (χ4v) is 3.99. The number of amides is 1. The Morgan fingerprint density at radius 3 is 2.48 bits per heavy atom. The highest BCUT2D eigenvalue weighted by Gasteiger charge is 2.38. The molecule has 3 nitrogen and oxygen atoms in total. The first-order chi connectivity index (χ1) is 12.1. The van der Waals surface area contributed by atoms with E-state index >= 15 is 0 Å². The Labute approximate surface area is 156 Å². The van der Waals surface area contributed by atoms with Crippen LogP contribution in [0.1, 0.15) is 64.0 Å². The molecule has 1 aromatic rings. The van der Waals surface area contributed by atoms with Crippen molar-refractivity contribution in [2.24, 2.45) is 11.8 Å². The minimum atomic E-state index is 0.141. The number of benzene rings is 1. The van der Waals surface area contributed by atoms with Crippen molar-refractivity contribution < 1.29 is 9.53 Å². The fourth-order valence-electron chi connectivity index (χ4n) is 3.86. The molecule has 2 fully saturated rings. The van der Waals surface area contributed by atoms with Gasteiger partial charge >= 0.3 is 0 Å². The quantitative estimate of drug-likeness (QED) is 0.632. The van der Waals surface area contributed by atoms with E-state index in [2.05, 4.69) is 30.9 Å². The number of rotatable bonds is 8. The van der Waals surface area contributed by atoms with Crippen LogP contribution < -0.4 is 0 Å². The molecule has 3 rings (SSSR count). The summed E-state index contributed by atoms with van der Waals surface area (Å²) >= 11 is 6.05. The van der Waals surface area contributed by atoms with Gasteiger partial charge in [0.15, 0.2) is 0 Å². The van der Waals surface area contributed by atoms with E-state index in [4.69, 9.17) is 16.3 Å². The molecule has 1 saturated carbocycles. The first-order valence-corrected chi connectivity index (χ1v) is 10.2. The zero-order valence-corrected chi connectivity index (χ0v) is 16.2. The molecule has 138 valence electrons. The molecule has 4 heteroatoms. The summed E-state index contributed by atoms with van der Waals surface area (Å²) in [4.78, 5) is 15.3. The molecule has 1 aliphatic heterocycles. The molecule has 1 heterocycles. The van der Waals surface area contributed by atoms with Gasteiger partial charge in [-0.25, -0.2) is 0 Å². The fraction of sp³-hybridized carbons (Fsp3) is 0.667. The summed E-state index contributed by atoms with van der Waals surface area (Å²) in [5.74, 6) is 1.21. The Morgan fingerprint density at radius 1 is 1.16 bits per heavy atom. The molecule has 1 amide bonds. The summed E-state index contributed by atoms with van der Waals surface area (Å²) in [6.07, 6.45) is 6.43. The SMILES string of the molecule is CCC1CC[C@@H](c2ccc(Cl)cc2)N(C(CC)COCC2CC2)C1=O. The molecule has 0 bridgehead atoms. The van der Waals surface area contributed by atoms with Gasteiger partial charge in [0, 0.05) is 17.5 Å². The van der Waals surface area contributed by atoms with E-state index in [0.717, 1.165) is 43.2 Å². The first kappa shape index (κ1) is 18.7. The summed E-state index contributed by atoms with van der Waals surface area (Å²) in [6, 6.07) is 8.28. The van der Waals surface area contributed by atoms with E-state index in [1.165, 1.54) is 18.4 Å². The van der Waals surface area contributed by atoms with Crippen molar-refractivity contribution >= 4 is 17.5 Å². The predicted octanol–water partition coefficient (Wildman–Crippen LogP) is 5.23. The van der Waals surface area contributed by atoms with Crippen molar-refractivity contribution in [3.8, 4) is 0 Å². The lowest BCUT2D eigenvalue weighted by atomic mass is 9.85. The lowest BCUT2D eigenvalue weighted by Crippen LogP contribution is -2.50. The molecular weight excluding hydrogens is 334 g/mol. The summed E-state index contributed by atoms with van der Waals surface area (Å²) in [6.45, 7) is 5.78. The molecule has 0 radical (unpaired) electrons. The topological polar surface area (TPSA) is 29.5 Å². The number of nitrogens with zero attached hydrogens (tertiary/aromatic N) is 1. The minimum Gasteiger partial charge on any atom is -0.379 e. The van der Waals surface area contributed by atoms with Gasteiger partial charge in [-0.3, -0.25) is 4.79 Å². The van der Waals surface area contributed by atoms with E-state index in [-0.39, 0.29) is 18.0 Å². The number of carbonyl (C=O) groups is 1. The van der Waals surface area contributed by atoms with Crippen molar-refractivity contribution in [3.05, 3.63) is 34.9 Å². The molecule has 0 N–H and O–H groups in total. The average Bonchev–Trinajstić information content (AvgIpc) is 3.44. The molecular formula is C21H30ClNO2. The highest BCUT2D eigenvalue weighted by Crippen LogP contribution is 2.38. The van der Waals surface area contributed by atoms with Crippen LogP contribution in [0.5, 0.6) is 0 Å². The van der Waals surface area contributed by atoms with E-state index < -0.39 is 0 Å². The first-order valence-electron chi connectivity index (χ1n) is 9.79. The number of hydrogen-bond acceptors (Lipinski definition) is 2. The standard InChI is InChI=1S/C21H30ClNO2/c1-3-16-9-12-20(17-7-10-18(22)11-8-17)23(21(16)24)19(4-2)14-25-13-15-5-6-15/h7-8,10-11,15-16,19-20H,3-6,9,12-14H2,1-2H3/t16?,19?,20-/m0/s1. The molecule has 1 aromatic carbocycles. The Balaban J connectivity index is 1.78. The molecule has 0 aromatic heterocycles. The van der Waals surface area contributed by atoms with E-state index in [1.807, 2.05) is 12.1 Å². The zero-order chi connectivity index (χ0) is 17.8. The van der Waals surface area contributed by atoms with Crippen LogP contribution in [0.15, 0.2) is 24.3 Å². The van der Waals surface area contributed by atoms with Crippen LogP contribution >= 0.6 is 11.6 Å². The second-order valence-corrected chi connectivity index (χ2v) is 7.97. The monoisotopic (exact) mass is 363 g/mol. The molecule has 3 atom stereocenters. The van der Waals surface area contributed by atoms with Gasteiger partial charge in [-0.05, 0) is 62.1 Å². The number of hydrogen-bond donors (Lipinski definition) is 0. The number of piperidine rings is 1. The number of likely N-dealkylation sites (tertiary alicyclic amines) is 1. The highest BCUT2D eigenvalue weighted by atomic mass is 35.5. The molecule has 1 saturated heterocycles.